The van der Waals surface area contributed by atoms with Crippen LogP contribution >= 0.6 is 23.2 Å². The van der Waals surface area contributed by atoms with Crippen molar-refractivity contribution >= 4 is 34.9 Å². The van der Waals surface area contributed by atoms with Crippen LogP contribution in [-0.2, 0) is 6.54 Å². The Kier molecular flexibility index (Phi) is 3.97. The third kappa shape index (κ3) is 3.00. The predicted octanol–water partition coefficient (Wildman–Crippen LogP) is 2.57. The van der Waals surface area contributed by atoms with Crippen LogP contribution in [-0.4, -0.2) is 28.1 Å². The topological polar surface area (TPSA) is 75.0 Å². The lowest BCUT2D eigenvalue weighted by molar-refractivity contribution is 0.0779. The van der Waals surface area contributed by atoms with E-state index in [1.807, 2.05) is 6.07 Å². The lowest BCUT2D eigenvalue weighted by Crippen LogP contribution is -2.26. The molecule has 0 bridgehead atoms. The highest BCUT2D eigenvalue weighted by Crippen LogP contribution is 2.26. The number of aromatic amines is 1. The molecular weight excluding hydrogens is 287 g/mol. The maximum Gasteiger partial charge on any atom is 0.271 e. The minimum atomic E-state index is -0.222. The first-order valence-electron chi connectivity index (χ1n) is 5.48. The molecule has 1 amide bonds. The van der Waals surface area contributed by atoms with Gasteiger partial charge < -0.3 is 10.6 Å². The number of hydrogen-bond donors (Lipinski definition) is 2. The molecule has 0 aliphatic rings. The van der Waals surface area contributed by atoms with Crippen molar-refractivity contribution in [3.05, 3.63) is 45.6 Å². The quantitative estimate of drug-likeness (QED) is 0.914. The molecule has 0 atom stereocenters. The summed E-state index contributed by atoms with van der Waals surface area (Å²) >= 11 is 12.0. The normalized spacial score (nSPS) is 10.5. The van der Waals surface area contributed by atoms with Gasteiger partial charge in [-0.15, -0.1) is 0 Å². The highest BCUT2D eigenvalue weighted by Gasteiger charge is 2.16. The lowest BCUT2D eigenvalue weighted by atomic mass is 10.2. The van der Waals surface area contributed by atoms with Crippen LogP contribution in [0.4, 0.5) is 5.82 Å². The molecule has 0 unspecified atom stereocenters. The van der Waals surface area contributed by atoms with Crippen LogP contribution < -0.4 is 5.73 Å². The van der Waals surface area contributed by atoms with Gasteiger partial charge in [0.2, 0.25) is 0 Å². The molecule has 0 aliphatic carbocycles. The van der Waals surface area contributed by atoms with E-state index in [9.17, 15) is 4.79 Å². The summed E-state index contributed by atoms with van der Waals surface area (Å²) in [4.78, 5) is 13.6. The summed E-state index contributed by atoms with van der Waals surface area (Å²) in [7, 11) is 1.66. The van der Waals surface area contributed by atoms with E-state index in [1.165, 1.54) is 11.0 Å². The number of nitrogens with one attached hydrogen (secondary N) is 1. The summed E-state index contributed by atoms with van der Waals surface area (Å²) in [6.45, 7) is 0.344. The van der Waals surface area contributed by atoms with E-state index in [2.05, 4.69) is 10.2 Å². The smallest absolute Gasteiger partial charge is 0.271 e. The van der Waals surface area contributed by atoms with Gasteiger partial charge in [0, 0.05) is 19.7 Å². The zero-order valence-corrected chi connectivity index (χ0v) is 11.7. The standard InChI is InChI=1S/C12H12Cl2N4O/c1-18(12(19)9-5-10(15)17-16-9)6-7-3-2-4-8(13)11(7)14/h2-5H,6H2,1H3,(H3,15,16,17). The monoisotopic (exact) mass is 298 g/mol. The number of nitrogen functional groups attached to an aromatic ring is 1. The van der Waals surface area contributed by atoms with Crippen molar-refractivity contribution in [1.82, 2.24) is 15.1 Å². The Bertz CT molecular complexity index is 612. The molecule has 2 aromatic rings. The van der Waals surface area contributed by atoms with Crippen LogP contribution in [0, 0.1) is 0 Å². The Labute approximate surface area is 120 Å². The molecule has 100 valence electrons. The molecule has 1 heterocycles. The van der Waals surface area contributed by atoms with Crippen LogP contribution in [0.5, 0.6) is 0 Å². The Morgan fingerprint density at radius 3 is 2.84 bits per heavy atom. The average molecular weight is 299 g/mol. The Hall–Kier alpha value is -1.72. The van der Waals surface area contributed by atoms with Crippen LogP contribution in [0.3, 0.4) is 0 Å². The highest BCUT2D eigenvalue weighted by molar-refractivity contribution is 6.42. The molecule has 0 saturated carbocycles. The third-order valence-electron chi connectivity index (χ3n) is 2.61. The van der Waals surface area contributed by atoms with Crippen LogP contribution in [0.2, 0.25) is 10.0 Å². The summed E-state index contributed by atoms with van der Waals surface area (Å²) in [5.74, 6) is 0.0535. The molecule has 1 aromatic heterocycles. The summed E-state index contributed by atoms with van der Waals surface area (Å²) in [6, 6.07) is 6.79. The molecule has 0 spiro atoms. The fourth-order valence-electron chi connectivity index (χ4n) is 1.65. The summed E-state index contributed by atoms with van der Waals surface area (Å²) in [6.07, 6.45) is 0. The number of amides is 1. The molecule has 2 rings (SSSR count). The van der Waals surface area contributed by atoms with Crippen molar-refractivity contribution in [3.8, 4) is 0 Å². The van der Waals surface area contributed by atoms with Crippen molar-refractivity contribution in [2.45, 2.75) is 6.54 Å². The highest BCUT2D eigenvalue weighted by atomic mass is 35.5. The van der Waals surface area contributed by atoms with Gasteiger partial charge in [0.25, 0.3) is 5.91 Å². The predicted molar refractivity (Wildman–Crippen MR) is 75.3 cm³/mol. The number of rotatable bonds is 3. The summed E-state index contributed by atoms with van der Waals surface area (Å²) < 4.78 is 0. The zero-order valence-electron chi connectivity index (χ0n) is 10.2. The van der Waals surface area contributed by atoms with Gasteiger partial charge in [-0.2, -0.15) is 5.10 Å². The van der Waals surface area contributed by atoms with E-state index in [0.29, 0.717) is 22.3 Å². The van der Waals surface area contributed by atoms with Gasteiger partial charge in [-0.05, 0) is 11.6 Å². The van der Waals surface area contributed by atoms with E-state index >= 15 is 0 Å². The second-order valence-electron chi connectivity index (χ2n) is 4.08. The number of halogens is 2. The molecular formula is C12H12Cl2N4O. The molecule has 7 heteroatoms. The van der Waals surface area contributed by atoms with E-state index in [0.717, 1.165) is 5.56 Å². The van der Waals surface area contributed by atoms with Crippen molar-refractivity contribution in [3.63, 3.8) is 0 Å². The van der Waals surface area contributed by atoms with Crippen LogP contribution in [0.15, 0.2) is 24.3 Å². The van der Waals surface area contributed by atoms with E-state index in [1.54, 1.807) is 19.2 Å². The number of H-pyrrole nitrogens is 1. The number of aromatic nitrogens is 2. The van der Waals surface area contributed by atoms with Crippen molar-refractivity contribution in [1.29, 1.82) is 0 Å². The SMILES string of the molecule is CN(Cc1cccc(Cl)c1Cl)C(=O)c1cc(N)n[nH]1. The van der Waals surface area contributed by atoms with Gasteiger partial charge in [-0.1, -0.05) is 35.3 Å². The van der Waals surface area contributed by atoms with Gasteiger partial charge in [-0.25, -0.2) is 0 Å². The molecule has 0 aliphatic heterocycles. The van der Waals surface area contributed by atoms with Crippen LogP contribution in [0.25, 0.3) is 0 Å². The number of carbonyl (C=O) groups is 1. The fourth-order valence-corrected chi connectivity index (χ4v) is 2.03. The first-order chi connectivity index (χ1) is 8.99. The number of hydrogen-bond acceptors (Lipinski definition) is 3. The largest absolute Gasteiger partial charge is 0.382 e. The minimum Gasteiger partial charge on any atom is -0.382 e. The minimum absolute atomic E-state index is 0.222. The average Bonchev–Trinajstić information content (AvgIpc) is 2.80. The van der Waals surface area contributed by atoms with E-state index < -0.39 is 0 Å². The number of nitrogens with two attached hydrogens (primary N) is 1. The summed E-state index contributed by atoms with van der Waals surface area (Å²) in [5, 5.41) is 7.21. The van der Waals surface area contributed by atoms with Gasteiger partial charge in [0.1, 0.15) is 11.5 Å². The number of anilines is 1. The maximum atomic E-state index is 12.1. The Morgan fingerprint density at radius 2 is 2.21 bits per heavy atom. The maximum absolute atomic E-state index is 12.1. The van der Waals surface area contributed by atoms with Gasteiger partial charge in [0.05, 0.1) is 10.0 Å². The molecule has 0 saturated heterocycles. The molecule has 5 nitrogen and oxygen atoms in total. The Balaban J connectivity index is 2.15. The zero-order chi connectivity index (χ0) is 14.0. The van der Waals surface area contributed by atoms with Crippen molar-refractivity contribution in [2.75, 3.05) is 12.8 Å². The first-order valence-corrected chi connectivity index (χ1v) is 6.24. The first kappa shape index (κ1) is 13.7. The molecule has 1 aromatic carbocycles. The molecule has 0 radical (unpaired) electrons. The molecule has 3 N–H and O–H groups in total. The third-order valence-corrected chi connectivity index (χ3v) is 3.47. The Morgan fingerprint density at radius 1 is 1.47 bits per heavy atom. The van der Waals surface area contributed by atoms with Crippen molar-refractivity contribution < 1.29 is 4.79 Å². The van der Waals surface area contributed by atoms with Gasteiger partial charge in [0.15, 0.2) is 0 Å². The molecule has 19 heavy (non-hydrogen) atoms. The fraction of sp³-hybridized carbons (Fsp3) is 0.167. The van der Waals surface area contributed by atoms with Crippen molar-refractivity contribution in [2.24, 2.45) is 0 Å². The number of carbonyl (C=O) groups excluding carboxylic acids is 1. The van der Waals surface area contributed by atoms with Gasteiger partial charge in [-0.3, -0.25) is 9.89 Å². The second kappa shape index (κ2) is 5.50. The second-order valence-corrected chi connectivity index (χ2v) is 4.87. The molecule has 0 fully saturated rings. The summed E-state index contributed by atoms with van der Waals surface area (Å²) in [5.41, 5.74) is 6.57. The number of benzene rings is 1. The number of nitrogens with zero attached hydrogens (tertiary/aromatic N) is 2. The lowest BCUT2D eigenvalue weighted by Gasteiger charge is -2.17. The van der Waals surface area contributed by atoms with Gasteiger partial charge >= 0.3 is 0 Å². The van der Waals surface area contributed by atoms with E-state index in [4.69, 9.17) is 28.9 Å². The van der Waals surface area contributed by atoms with E-state index in [-0.39, 0.29) is 11.7 Å². The van der Waals surface area contributed by atoms with Crippen LogP contribution in [0.1, 0.15) is 16.1 Å².